The number of unbranched alkanes of at least 4 members (excludes halogenated alkanes) is 1. The summed E-state index contributed by atoms with van der Waals surface area (Å²) in [5, 5.41) is 0. The summed E-state index contributed by atoms with van der Waals surface area (Å²) in [6.45, 7) is 4.12. The summed E-state index contributed by atoms with van der Waals surface area (Å²) in [4.78, 5) is 0. The highest BCUT2D eigenvalue weighted by Gasteiger charge is 2.14. The molecule has 0 amide bonds. The monoisotopic (exact) mass is 255 g/mol. The fourth-order valence-electron chi connectivity index (χ4n) is 0.681. The lowest BCUT2D eigenvalue weighted by Gasteiger charge is -2.14. The van der Waals surface area contributed by atoms with Crippen molar-refractivity contribution in [1.29, 1.82) is 0 Å². The number of allylic oxidation sites excluding steroid dienone is 1. The van der Waals surface area contributed by atoms with Gasteiger partial charge in [0.05, 0.1) is 0 Å². The molecule has 0 saturated carbocycles. The molecule has 0 aliphatic heterocycles. The SMILES string of the molecule is C=CCCCN(C)S(=O)(=O)CBr. The van der Waals surface area contributed by atoms with E-state index >= 15 is 0 Å². The summed E-state index contributed by atoms with van der Waals surface area (Å²) in [6, 6.07) is 0. The first-order chi connectivity index (χ1) is 5.54. The zero-order valence-corrected chi connectivity index (χ0v) is 9.57. The minimum absolute atomic E-state index is 0.00934. The Morgan fingerprint density at radius 2 is 2.17 bits per heavy atom. The van der Waals surface area contributed by atoms with Crippen LogP contribution in [0.2, 0.25) is 0 Å². The largest absolute Gasteiger partial charge is 0.223 e. The molecule has 0 heterocycles. The van der Waals surface area contributed by atoms with E-state index in [0.29, 0.717) is 6.54 Å². The summed E-state index contributed by atoms with van der Waals surface area (Å²) in [5.74, 6) is 0. The molecule has 0 aliphatic carbocycles. The quantitative estimate of drug-likeness (QED) is 0.411. The number of alkyl halides is 1. The van der Waals surface area contributed by atoms with Crippen molar-refractivity contribution in [3.63, 3.8) is 0 Å². The molecule has 5 heteroatoms. The lowest BCUT2D eigenvalue weighted by atomic mass is 10.3. The number of hydrogen-bond donors (Lipinski definition) is 0. The topological polar surface area (TPSA) is 37.4 Å². The number of hydrogen-bond acceptors (Lipinski definition) is 2. The van der Waals surface area contributed by atoms with Gasteiger partial charge < -0.3 is 0 Å². The van der Waals surface area contributed by atoms with E-state index in [1.807, 2.05) is 0 Å². The number of halogens is 1. The van der Waals surface area contributed by atoms with Crippen molar-refractivity contribution < 1.29 is 8.42 Å². The third-order valence-electron chi connectivity index (χ3n) is 1.49. The Morgan fingerprint density at radius 3 is 2.58 bits per heavy atom. The van der Waals surface area contributed by atoms with E-state index in [9.17, 15) is 8.42 Å². The summed E-state index contributed by atoms with van der Waals surface area (Å²) < 4.78 is 23.6. The molecule has 0 aromatic carbocycles. The van der Waals surface area contributed by atoms with Crippen molar-refractivity contribution >= 4 is 26.0 Å². The molecule has 0 unspecified atom stereocenters. The van der Waals surface area contributed by atoms with Gasteiger partial charge in [0.15, 0.2) is 0 Å². The first-order valence-corrected chi connectivity index (χ1v) is 6.38. The Labute approximate surface area is 82.6 Å². The van der Waals surface area contributed by atoms with E-state index in [2.05, 4.69) is 22.5 Å². The first-order valence-electron chi connectivity index (χ1n) is 3.65. The van der Waals surface area contributed by atoms with Gasteiger partial charge in [-0.2, -0.15) is 0 Å². The van der Waals surface area contributed by atoms with Gasteiger partial charge in [0, 0.05) is 13.6 Å². The maximum atomic E-state index is 11.1. The standard InChI is InChI=1S/C7H14BrNO2S/c1-3-4-5-6-9(2)12(10,11)7-8/h3H,1,4-7H2,2H3. The molecule has 0 saturated heterocycles. The number of rotatable bonds is 6. The second kappa shape index (κ2) is 5.72. The highest BCUT2D eigenvalue weighted by Crippen LogP contribution is 2.03. The van der Waals surface area contributed by atoms with Gasteiger partial charge in [-0.25, -0.2) is 12.7 Å². The van der Waals surface area contributed by atoms with E-state index in [1.165, 1.54) is 4.31 Å². The summed E-state index contributed by atoms with van der Waals surface area (Å²) in [7, 11) is -1.48. The highest BCUT2D eigenvalue weighted by molar-refractivity contribution is 9.10. The van der Waals surface area contributed by atoms with Crippen molar-refractivity contribution in [2.75, 3.05) is 18.3 Å². The van der Waals surface area contributed by atoms with E-state index in [4.69, 9.17) is 0 Å². The molecule has 0 aromatic heterocycles. The molecule has 3 nitrogen and oxygen atoms in total. The molecule has 0 aliphatic rings. The smallest absolute Gasteiger partial charge is 0.211 e. The Kier molecular flexibility index (Phi) is 5.78. The molecule has 0 radical (unpaired) electrons. The molecule has 0 bridgehead atoms. The van der Waals surface area contributed by atoms with E-state index in [0.717, 1.165) is 12.8 Å². The van der Waals surface area contributed by atoms with Crippen LogP contribution in [0.1, 0.15) is 12.8 Å². The number of sulfonamides is 1. The molecule has 72 valence electrons. The van der Waals surface area contributed by atoms with Gasteiger partial charge in [-0.1, -0.05) is 22.0 Å². The molecule has 0 atom stereocenters. The van der Waals surface area contributed by atoms with Crippen LogP contribution in [-0.4, -0.2) is 31.0 Å². The summed E-state index contributed by atoms with van der Waals surface area (Å²) in [5.41, 5.74) is 0. The average Bonchev–Trinajstić information content (AvgIpc) is 2.05. The molecular weight excluding hydrogens is 242 g/mol. The third-order valence-corrected chi connectivity index (χ3v) is 4.64. The molecule has 0 fully saturated rings. The zero-order chi connectivity index (χ0) is 9.61. The van der Waals surface area contributed by atoms with Gasteiger partial charge in [0.25, 0.3) is 0 Å². The normalized spacial score (nSPS) is 11.9. The van der Waals surface area contributed by atoms with Gasteiger partial charge >= 0.3 is 0 Å². The maximum absolute atomic E-state index is 11.1. The van der Waals surface area contributed by atoms with Crippen LogP contribution >= 0.6 is 15.9 Å². The highest BCUT2D eigenvalue weighted by atomic mass is 79.9. The fourth-order valence-corrected chi connectivity index (χ4v) is 2.30. The Bertz CT molecular complexity index is 226. The Balaban J connectivity index is 3.87. The summed E-state index contributed by atoms with van der Waals surface area (Å²) in [6.07, 6.45) is 3.46. The first kappa shape index (κ1) is 12.1. The van der Waals surface area contributed by atoms with Gasteiger partial charge in [0.1, 0.15) is 4.66 Å². The van der Waals surface area contributed by atoms with Crippen molar-refractivity contribution in [3.8, 4) is 0 Å². The predicted molar refractivity (Wildman–Crippen MR) is 54.8 cm³/mol. The van der Waals surface area contributed by atoms with Crippen molar-refractivity contribution in [1.82, 2.24) is 4.31 Å². The van der Waals surface area contributed by atoms with Crippen LogP contribution in [0.25, 0.3) is 0 Å². The van der Waals surface area contributed by atoms with E-state index < -0.39 is 10.0 Å². The average molecular weight is 256 g/mol. The second-order valence-electron chi connectivity index (χ2n) is 2.47. The van der Waals surface area contributed by atoms with Crippen LogP contribution < -0.4 is 0 Å². The fraction of sp³-hybridized carbons (Fsp3) is 0.714. The summed E-state index contributed by atoms with van der Waals surface area (Å²) >= 11 is 2.93. The minimum Gasteiger partial charge on any atom is -0.211 e. The van der Waals surface area contributed by atoms with Crippen molar-refractivity contribution in [2.45, 2.75) is 12.8 Å². The second-order valence-corrected chi connectivity index (χ2v) is 5.85. The lowest BCUT2D eigenvalue weighted by Crippen LogP contribution is -2.28. The van der Waals surface area contributed by atoms with Gasteiger partial charge in [-0.05, 0) is 12.8 Å². The Morgan fingerprint density at radius 1 is 1.58 bits per heavy atom. The minimum atomic E-state index is -3.06. The molecule has 0 aromatic rings. The molecule has 0 N–H and O–H groups in total. The molecule has 12 heavy (non-hydrogen) atoms. The van der Waals surface area contributed by atoms with Crippen LogP contribution in [0.15, 0.2) is 12.7 Å². The molecule has 0 spiro atoms. The van der Waals surface area contributed by atoms with Crippen LogP contribution in [0.5, 0.6) is 0 Å². The Hall–Kier alpha value is 0.130. The zero-order valence-electron chi connectivity index (χ0n) is 7.16. The van der Waals surface area contributed by atoms with Crippen molar-refractivity contribution in [3.05, 3.63) is 12.7 Å². The molecular formula is C7H14BrNO2S. The predicted octanol–water partition coefficient (Wildman–Crippen LogP) is 1.57. The lowest BCUT2D eigenvalue weighted by molar-refractivity contribution is 0.467. The number of nitrogens with zero attached hydrogens (tertiary/aromatic N) is 1. The van der Waals surface area contributed by atoms with Crippen LogP contribution in [0, 0.1) is 0 Å². The van der Waals surface area contributed by atoms with Crippen molar-refractivity contribution in [2.24, 2.45) is 0 Å². The van der Waals surface area contributed by atoms with Gasteiger partial charge in [-0.15, -0.1) is 6.58 Å². The maximum Gasteiger partial charge on any atom is 0.223 e. The van der Waals surface area contributed by atoms with Crippen LogP contribution in [0.3, 0.4) is 0 Å². The third kappa shape index (κ3) is 4.23. The van der Waals surface area contributed by atoms with Gasteiger partial charge in [0.2, 0.25) is 10.0 Å². The van der Waals surface area contributed by atoms with Crippen LogP contribution in [-0.2, 0) is 10.0 Å². The molecule has 0 rings (SSSR count). The van der Waals surface area contributed by atoms with Crippen LogP contribution in [0.4, 0.5) is 0 Å². The van der Waals surface area contributed by atoms with Gasteiger partial charge in [-0.3, -0.25) is 0 Å². The van der Waals surface area contributed by atoms with E-state index in [1.54, 1.807) is 13.1 Å². The van der Waals surface area contributed by atoms with E-state index in [-0.39, 0.29) is 4.66 Å².